The van der Waals surface area contributed by atoms with E-state index in [1.807, 2.05) is 24.3 Å². The molecule has 0 spiro atoms. The van der Waals surface area contributed by atoms with Gasteiger partial charge in [-0.05, 0) is 37.5 Å². The second kappa shape index (κ2) is 6.55. The van der Waals surface area contributed by atoms with Crippen molar-refractivity contribution in [1.82, 2.24) is 5.32 Å². The van der Waals surface area contributed by atoms with E-state index in [4.69, 9.17) is 11.6 Å². The van der Waals surface area contributed by atoms with Crippen LogP contribution in [0.2, 0.25) is 5.02 Å². The average molecular weight is 268 g/mol. The van der Waals surface area contributed by atoms with Crippen molar-refractivity contribution in [2.45, 2.75) is 57.2 Å². The highest BCUT2D eigenvalue weighted by Crippen LogP contribution is 2.22. The SMILES string of the molecule is C[C@H](NC1CCCCCC1O)c1ccc(Cl)cc1. The molecule has 3 heteroatoms. The Bertz CT molecular complexity index is 365. The number of rotatable bonds is 3. The van der Waals surface area contributed by atoms with Crippen LogP contribution in [0.15, 0.2) is 24.3 Å². The molecule has 1 aliphatic rings. The molecule has 1 fully saturated rings. The molecule has 1 aromatic carbocycles. The Morgan fingerprint density at radius 1 is 1.17 bits per heavy atom. The van der Waals surface area contributed by atoms with Crippen molar-refractivity contribution in [2.75, 3.05) is 0 Å². The largest absolute Gasteiger partial charge is 0.392 e. The smallest absolute Gasteiger partial charge is 0.0693 e. The maximum Gasteiger partial charge on any atom is 0.0693 e. The highest BCUT2D eigenvalue weighted by Gasteiger charge is 2.23. The van der Waals surface area contributed by atoms with E-state index in [-0.39, 0.29) is 18.2 Å². The van der Waals surface area contributed by atoms with E-state index >= 15 is 0 Å². The summed E-state index contributed by atoms with van der Waals surface area (Å²) in [6.07, 6.45) is 5.38. The third kappa shape index (κ3) is 3.71. The zero-order valence-corrected chi connectivity index (χ0v) is 11.7. The molecular weight excluding hydrogens is 246 g/mol. The first kappa shape index (κ1) is 13.9. The standard InChI is InChI=1S/C15H22ClNO/c1-11(12-7-9-13(16)10-8-12)17-14-5-3-2-4-6-15(14)18/h7-11,14-15,17-18H,2-6H2,1H3/t11-,14?,15?/m0/s1. The van der Waals surface area contributed by atoms with Gasteiger partial charge in [0.25, 0.3) is 0 Å². The Labute approximate surface area is 114 Å². The van der Waals surface area contributed by atoms with Gasteiger partial charge in [0, 0.05) is 17.1 Å². The van der Waals surface area contributed by atoms with Gasteiger partial charge in [-0.1, -0.05) is 43.0 Å². The van der Waals surface area contributed by atoms with Crippen LogP contribution in [0.3, 0.4) is 0 Å². The van der Waals surface area contributed by atoms with Gasteiger partial charge in [0.05, 0.1) is 6.10 Å². The normalized spacial score (nSPS) is 26.6. The summed E-state index contributed by atoms with van der Waals surface area (Å²) in [5.41, 5.74) is 1.22. The van der Waals surface area contributed by atoms with Crippen LogP contribution in [-0.4, -0.2) is 17.3 Å². The van der Waals surface area contributed by atoms with Gasteiger partial charge in [0.15, 0.2) is 0 Å². The summed E-state index contributed by atoms with van der Waals surface area (Å²) >= 11 is 5.89. The van der Waals surface area contributed by atoms with E-state index in [9.17, 15) is 5.11 Å². The van der Waals surface area contributed by atoms with Gasteiger partial charge in [-0.2, -0.15) is 0 Å². The van der Waals surface area contributed by atoms with Crippen molar-refractivity contribution in [1.29, 1.82) is 0 Å². The number of aliphatic hydroxyl groups excluding tert-OH is 1. The van der Waals surface area contributed by atoms with Crippen LogP contribution in [0.4, 0.5) is 0 Å². The molecule has 3 atom stereocenters. The number of nitrogens with one attached hydrogen (secondary N) is 1. The summed E-state index contributed by atoms with van der Waals surface area (Å²) in [4.78, 5) is 0. The van der Waals surface area contributed by atoms with Gasteiger partial charge in [0.2, 0.25) is 0 Å². The van der Waals surface area contributed by atoms with Gasteiger partial charge < -0.3 is 10.4 Å². The second-order valence-electron chi connectivity index (χ2n) is 5.25. The first-order valence-electron chi connectivity index (χ1n) is 6.86. The van der Waals surface area contributed by atoms with Crippen molar-refractivity contribution < 1.29 is 5.11 Å². The van der Waals surface area contributed by atoms with Crippen molar-refractivity contribution in [3.63, 3.8) is 0 Å². The van der Waals surface area contributed by atoms with Gasteiger partial charge in [0.1, 0.15) is 0 Å². The molecule has 0 aromatic heterocycles. The predicted octanol–water partition coefficient (Wildman–Crippen LogP) is 3.68. The molecule has 1 aliphatic carbocycles. The highest BCUT2D eigenvalue weighted by molar-refractivity contribution is 6.30. The Morgan fingerprint density at radius 3 is 2.56 bits per heavy atom. The fraction of sp³-hybridized carbons (Fsp3) is 0.600. The lowest BCUT2D eigenvalue weighted by molar-refractivity contribution is 0.115. The molecule has 0 saturated heterocycles. The number of aliphatic hydroxyl groups is 1. The molecule has 2 nitrogen and oxygen atoms in total. The lowest BCUT2D eigenvalue weighted by atomic mass is 10.0. The number of benzene rings is 1. The topological polar surface area (TPSA) is 32.3 Å². The molecule has 0 amide bonds. The molecule has 18 heavy (non-hydrogen) atoms. The quantitative estimate of drug-likeness (QED) is 0.819. The number of halogens is 1. The predicted molar refractivity (Wildman–Crippen MR) is 75.9 cm³/mol. The highest BCUT2D eigenvalue weighted by atomic mass is 35.5. The lowest BCUT2D eigenvalue weighted by Gasteiger charge is -2.26. The van der Waals surface area contributed by atoms with Crippen molar-refractivity contribution in [3.8, 4) is 0 Å². The van der Waals surface area contributed by atoms with E-state index < -0.39 is 0 Å². The lowest BCUT2D eigenvalue weighted by Crippen LogP contribution is -2.40. The molecular formula is C15H22ClNO. The van der Waals surface area contributed by atoms with Crippen LogP contribution in [-0.2, 0) is 0 Å². The summed E-state index contributed by atoms with van der Waals surface area (Å²) in [5, 5.41) is 14.4. The third-order valence-corrected chi connectivity index (χ3v) is 4.07. The average Bonchev–Trinajstić information content (AvgIpc) is 2.56. The van der Waals surface area contributed by atoms with Gasteiger partial charge >= 0.3 is 0 Å². The van der Waals surface area contributed by atoms with E-state index in [0.29, 0.717) is 0 Å². The molecule has 0 aliphatic heterocycles. The number of hydrogen-bond acceptors (Lipinski definition) is 2. The zero-order valence-electron chi connectivity index (χ0n) is 10.9. The molecule has 2 N–H and O–H groups in total. The molecule has 0 heterocycles. The summed E-state index contributed by atoms with van der Waals surface area (Å²) in [7, 11) is 0. The van der Waals surface area contributed by atoms with Crippen molar-refractivity contribution >= 4 is 11.6 Å². The third-order valence-electron chi connectivity index (χ3n) is 3.81. The maximum atomic E-state index is 10.1. The fourth-order valence-corrected chi connectivity index (χ4v) is 2.78. The molecule has 1 aromatic rings. The van der Waals surface area contributed by atoms with Crippen LogP contribution >= 0.6 is 11.6 Å². The van der Waals surface area contributed by atoms with Crippen LogP contribution < -0.4 is 5.32 Å². The van der Waals surface area contributed by atoms with Gasteiger partial charge in [-0.3, -0.25) is 0 Å². The van der Waals surface area contributed by atoms with Crippen molar-refractivity contribution in [2.24, 2.45) is 0 Å². The van der Waals surface area contributed by atoms with E-state index in [0.717, 1.165) is 24.3 Å². The Kier molecular flexibility index (Phi) is 5.04. The number of hydrogen-bond donors (Lipinski definition) is 2. The van der Waals surface area contributed by atoms with Gasteiger partial charge in [-0.25, -0.2) is 0 Å². The Morgan fingerprint density at radius 2 is 1.83 bits per heavy atom. The van der Waals surface area contributed by atoms with Crippen LogP contribution in [0.1, 0.15) is 50.6 Å². The minimum absolute atomic E-state index is 0.206. The van der Waals surface area contributed by atoms with E-state index in [2.05, 4.69) is 12.2 Å². The molecule has 1 saturated carbocycles. The minimum atomic E-state index is -0.206. The summed E-state index contributed by atoms with van der Waals surface area (Å²) in [6, 6.07) is 8.39. The molecule has 2 rings (SSSR count). The maximum absolute atomic E-state index is 10.1. The van der Waals surface area contributed by atoms with Crippen LogP contribution in [0.5, 0.6) is 0 Å². The summed E-state index contributed by atoms with van der Waals surface area (Å²) in [5.74, 6) is 0. The Balaban J connectivity index is 1.97. The monoisotopic (exact) mass is 267 g/mol. The Hall–Kier alpha value is -0.570. The summed E-state index contributed by atoms with van der Waals surface area (Å²) in [6.45, 7) is 2.14. The molecule has 0 bridgehead atoms. The molecule has 0 radical (unpaired) electrons. The second-order valence-corrected chi connectivity index (χ2v) is 5.69. The van der Waals surface area contributed by atoms with Crippen LogP contribution in [0.25, 0.3) is 0 Å². The molecule has 2 unspecified atom stereocenters. The first-order chi connectivity index (χ1) is 8.66. The van der Waals surface area contributed by atoms with Gasteiger partial charge in [-0.15, -0.1) is 0 Å². The van der Waals surface area contributed by atoms with Crippen molar-refractivity contribution in [3.05, 3.63) is 34.9 Å². The minimum Gasteiger partial charge on any atom is -0.392 e. The van der Waals surface area contributed by atoms with E-state index in [1.165, 1.54) is 18.4 Å². The zero-order chi connectivity index (χ0) is 13.0. The summed E-state index contributed by atoms with van der Waals surface area (Å²) < 4.78 is 0. The first-order valence-corrected chi connectivity index (χ1v) is 7.24. The van der Waals surface area contributed by atoms with E-state index in [1.54, 1.807) is 0 Å². The fourth-order valence-electron chi connectivity index (χ4n) is 2.65. The van der Waals surface area contributed by atoms with Crippen LogP contribution in [0, 0.1) is 0 Å². The molecule has 100 valence electrons.